The summed E-state index contributed by atoms with van der Waals surface area (Å²) < 4.78 is 0. The van der Waals surface area contributed by atoms with Crippen LogP contribution in [0.15, 0.2) is 73.1 Å². The molecule has 5 rings (SSSR count). The summed E-state index contributed by atoms with van der Waals surface area (Å²) in [6.07, 6.45) is 12.1. The van der Waals surface area contributed by atoms with E-state index in [1.54, 1.807) is 29.7 Å². The van der Waals surface area contributed by atoms with Crippen LogP contribution in [-0.2, 0) is 17.7 Å². The van der Waals surface area contributed by atoms with Crippen molar-refractivity contribution in [3.63, 3.8) is 0 Å². The molecule has 1 heterocycles. The lowest BCUT2D eigenvalue weighted by Gasteiger charge is -2.18. The van der Waals surface area contributed by atoms with E-state index in [-0.39, 0.29) is 12.4 Å². The average molecular weight is 352 g/mol. The molecule has 1 N–H and O–H groups in total. The fraction of sp³-hybridized carbons (Fsp3) is 0.182. The Labute approximate surface area is 154 Å². The molecule has 0 spiro atoms. The summed E-state index contributed by atoms with van der Waals surface area (Å²) >= 11 is 0. The SMILES string of the molecule is C1=CNOC=C1.Cl.c1ccc2c(c1)ccc1c3c(ccc12)CCCC3. The highest BCUT2D eigenvalue weighted by Gasteiger charge is 2.13. The maximum absolute atomic E-state index is 4.55. The van der Waals surface area contributed by atoms with E-state index in [2.05, 4.69) is 58.8 Å². The molecule has 0 amide bonds. The maximum atomic E-state index is 4.55. The second-order valence-corrected chi connectivity index (χ2v) is 6.22. The highest BCUT2D eigenvalue weighted by Crippen LogP contribution is 2.33. The largest absolute Gasteiger partial charge is 0.391 e. The first kappa shape index (κ1) is 17.4. The van der Waals surface area contributed by atoms with Crippen LogP contribution in [0.3, 0.4) is 0 Å². The molecule has 2 nitrogen and oxygen atoms in total. The summed E-state index contributed by atoms with van der Waals surface area (Å²) in [5.74, 6) is 0. The number of fused-ring (bicyclic) bond motifs is 5. The van der Waals surface area contributed by atoms with Crippen molar-refractivity contribution in [3.05, 3.63) is 84.3 Å². The van der Waals surface area contributed by atoms with E-state index in [1.807, 2.05) is 6.08 Å². The highest BCUT2D eigenvalue weighted by atomic mass is 35.5. The molecule has 3 aromatic carbocycles. The molecular formula is C22H22ClNO. The summed E-state index contributed by atoms with van der Waals surface area (Å²) in [7, 11) is 0. The van der Waals surface area contributed by atoms with Crippen LogP contribution in [0.2, 0.25) is 0 Å². The normalized spacial score (nSPS) is 14.6. The van der Waals surface area contributed by atoms with Crippen LogP contribution in [0.4, 0.5) is 0 Å². The minimum absolute atomic E-state index is 0. The van der Waals surface area contributed by atoms with E-state index in [1.165, 1.54) is 47.2 Å². The van der Waals surface area contributed by atoms with Gasteiger partial charge < -0.3 is 4.84 Å². The third-order valence-corrected chi connectivity index (χ3v) is 4.75. The third kappa shape index (κ3) is 3.64. The monoisotopic (exact) mass is 351 g/mol. The molecule has 0 saturated carbocycles. The third-order valence-electron chi connectivity index (χ3n) is 4.75. The first-order valence-corrected chi connectivity index (χ1v) is 8.58. The minimum Gasteiger partial charge on any atom is -0.391 e. The Morgan fingerprint density at radius 3 is 2.36 bits per heavy atom. The van der Waals surface area contributed by atoms with Crippen LogP contribution in [-0.4, -0.2) is 0 Å². The first-order chi connectivity index (χ1) is 11.9. The van der Waals surface area contributed by atoms with E-state index in [0.717, 1.165) is 0 Å². The Kier molecular flexibility index (Phi) is 5.62. The van der Waals surface area contributed by atoms with E-state index >= 15 is 0 Å². The molecule has 0 bridgehead atoms. The maximum Gasteiger partial charge on any atom is 0.119 e. The molecule has 1 aliphatic carbocycles. The van der Waals surface area contributed by atoms with Crippen LogP contribution >= 0.6 is 12.4 Å². The van der Waals surface area contributed by atoms with Gasteiger partial charge in [0.05, 0.1) is 0 Å². The summed E-state index contributed by atoms with van der Waals surface area (Å²) in [4.78, 5) is 4.55. The van der Waals surface area contributed by atoms with Crippen molar-refractivity contribution in [1.29, 1.82) is 0 Å². The van der Waals surface area contributed by atoms with E-state index < -0.39 is 0 Å². The molecule has 1 aliphatic heterocycles. The number of benzene rings is 3. The van der Waals surface area contributed by atoms with Crippen molar-refractivity contribution in [2.75, 3.05) is 0 Å². The predicted octanol–water partition coefficient (Wildman–Crippen LogP) is 5.84. The van der Waals surface area contributed by atoms with Gasteiger partial charge in [-0.1, -0.05) is 48.5 Å². The molecule has 0 saturated heterocycles. The number of rotatable bonds is 0. The van der Waals surface area contributed by atoms with Gasteiger partial charge in [0.25, 0.3) is 0 Å². The van der Waals surface area contributed by atoms with Crippen LogP contribution < -0.4 is 5.48 Å². The Balaban J connectivity index is 0.000000224. The Hall–Kier alpha value is -2.45. The van der Waals surface area contributed by atoms with E-state index in [0.29, 0.717) is 0 Å². The zero-order valence-corrected chi connectivity index (χ0v) is 14.9. The van der Waals surface area contributed by atoms with Crippen molar-refractivity contribution < 1.29 is 4.84 Å². The van der Waals surface area contributed by atoms with Gasteiger partial charge in [0.2, 0.25) is 0 Å². The molecule has 2 aliphatic rings. The topological polar surface area (TPSA) is 21.3 Å². The van der Waals surface area contributed by atoms with Crippen molar-refractivity contribution in [2.45, 2.75) is 25.7 Å². The highest BCUT2D eigenvalue weighted by molar-refractivity contribution is 6.08. The van der Waals surface area contributed by atoms with Crippen molar-refractivity contribution in [2.24, 2.45) is 0 Å². The van der Waals surface area contributed by atoms with Crippen LogP contribution in [0.1, 0.15) is 24.0 Å². The number of hydrogen-bond donors (Lipinski definition) is 1. The van der Waals surface area contributed by atoms with Crippen molar-refractivity contribution in [1.82, 2.24) is 5.48 Å². The second kappa shape index (κ2) is 8.09. The molecule has 128 valence electrons. The number of aryl methyl sites for hydroxylation is 2. The fourth-order valence-electron chi connectivity index (χ4n) is 3.60. The average Bonchev–Trinajstić information content (AvgIpc) is 2.69. The van der Waals surface area contributed by atoms with Crippen molar-refractivity contribution in [3.8, 4) is 0 Å². The molecule has 3 aromatic rings. The smallest absolute Gasteiger partial charge is 0.119 e. The number of hydroxylamine groups is 1. The van der Waals surface area contributed by atoms with Gasteiger partial charge in [-0.25, -0.2) is 5.48 Å². The van der Waals surface area contributed by atoms with Crippen LogP contribution in [0.5, 0.6) is 0 Å². The van der Waals surface area contributed by atoms with Crippen LogP contribution in [0, 0.1) is 0 Å². The molecule has 3 heteroatoms. The predicted molar refractivity (Wildman–Crippen MR) is 108 cm³/mol. The zero-order valence-electron chi connectivity index (χ0n) is 14.1. The lowest BCUT2D eigenvalue weighted by Crippen LogP contribution is -2.02. The number of halogens is 1. The van der Waals surface area contributed by atoms with Crippen molar-refractivity contribution >= 4 is 34.0 Å². The lowest BCUT2D eigenvalue weighted by molar-refractivity contribution is 0.172. The van der Waals surface area contributed by atoms with Gasteiger partial charge in [-0.15, -0.1) is 12.4 Å². The molecule has 0 radical (unpaired) electrons. The summed E-state index contributed by atoms with van der Waals surface area (Å²) in [6.45, 7) is 0. The van der Waals surface area contributed by atoms with Gasteiger partial charge in [-0.2, -0.15) is 0 Å². The molecule has 0 fully saturated rings. The number of nitrogens with one attached hydrogen (secondary N) is 1. The molecule has 0 atom stereocenters. The molecule has 0 unspecified atom stereocenters. The Morgan fingerprint density at radius 2 is 1.60 bits per heavy atom. The Morgan fingerprint density at radius 1 is 0.760 bits per heavy atom. The summed E-state index contributed by atoms with van der Waals surface area (Å²) in [5, 5.41) is 5.64. The molecule has 25 heavy (non-hydrogen) atoms. The summed E-state index contributed by atoms with van der Waals surface area (Å²) in [5.41, 5.74) is 5.69. The number of hydrogen-bond acceptors (Lipinski definition) is 2. The fourth-order valence-corrected chi connectivity index (χ4v) is 3.60. The van der Waals surface area contributed by atoms with E-state index in [4.69, 9.17) is 0 Å². The van der Waals surface area contributed by atoms with Gasteiger partial charge >= 0.3 is 0 Å². The molecular weight excluding hydrogens is 330 g/mol. The summed E-state index contributed by atoms with van der Waals surface area (Å²) in [6, 6.07) is 18.0. The van der Waals surface area contributed by atoms with Gasteiger partial charge in [-0.3, -0.25) is 0 Å². The van der Waals surface area contributed by atoms with E-state index in [9.17, 15) is 0 Å². The number of allylic oxidation sites excluding steroid dienone is 2. The van der Waals surface area contributed by atoms with Gasteiger partial charge in [-0.05, 0) is 70.5 Å². The quantitative estimate of drug-likeness (QED) is 0.513. The van der Waals surface area contributed by atoms with Gasteiger partial charge in [0, 0.05) is 6.20 Å². The Bertz CT molecular complexity index is 918. The standard InChI is InChI=1S/C18H16.C4H5NO.ClH/c1-3-7-15-13(5-1)9-11-18-16-8-4-2-6-14(16)10-12-17(15)18;1-2-4-6-5-3-1;/h1,3,5,7,9-12H,2,4,6,8H2;1-5H;1H. The first-order valence-electron chi connectivity index (χ1n) is 8.58. The van der Waals surface area contributed by atoms with Gasteiger partial charge in [0.1, 0.15) is 6.26 Å². The zero-order chi connectivity index (χ0) is 16.2. The lowest BCUT2D eigenvalue weighted by atomic mass is 9.86. The minimum atomic E-state index is 0. The second-order valence-electron chi connectivity index (χ2n) is 6.22. The van der Waals surface area contributed by atoms with Gasteiger partial charge in [0.15, 0.2) is 0 Å². The molecule has 0 aromatic heterocycles. The van der Waals surface area contributed by atoms with Crippen LogP contribution in [0.25, 0.3) is 21.5 Å².